The second kappa shape index (κ2) is 7.33. The van der Waals surface area contributed by atoms with Crippen LogP contribution in [0.4, 0.5) is 26.1 Å². The maximum Gasteiger partial charge on any atom is 0.139 e. The molecule has 0 aliphatic rings. The smallest absolute Gasteiger partial charge is 0.139 e. The van der Waals surface area contributed by atoms with Crippen LogP contribution in [-0.2, 0) is 0 Å². The summed E-state index contributed by atoms with van der Waals surface area (Å²) >= 11 is 0. The van der Waals surface area contributed by atoms with Crippen molar-refractivity contribution in [1.29, 1.82) is 0 Å². The lowest BCUT2D eigenvalue weighted by atomic mass is 10.1. The molecule has 0 spiro atoms. The van der Waals surface area contributed by atoms with Gasteiger partial charge in [0.1, 0.15) is 23.3 Å². The number of hydrogen-bond acceptors (Lipinski definition) is 3. The van der Waals surface area contributed by atoms with E-state index in [0.29, 0.717) is 17.3 Å². The highest BCUT2D eigenvalue weighted by Crippen LogP contribution is 2.33. The summed E-state index contributed by atoms with van der Waals surface area (Å²) < 4.78 is 27.4. The Labute approximate surface area is 155 Å². The van der Waals surface area contributed by atoms with Gasteiger partial charge >= 0.3 is 0 Å². The first kappa shape index (κ1) is 16.8. The molecule has 0 aliphatic heterocycles. The Kier molecular flexibility index (Phi) is 4.58. The van der Waals surface area contributed by atoms with E-state index in [9.17, 15) is 8.78 Å². The zero-order chi connectivity index (χ0) is 18.6. The van der Waals surface area contributed by atoms with Crippen LogP contribution in [0.15, 0.2) is 91.1 Å². The van der Waals surface area contributed by atoms with E-state index in [0.717, 1.165) is 11.8 Å². The second-order valence-electron chi connectivity index (χ2n) is 5.86. The summed E-state index contributed by atoms with van der Waals surface area (Å²) in [5.41, 5.74) is 1.54. The molecule has 0 N–H and O–H groups in total. The summed E-state index contributed by atoms with van der Waals surface area (Å²) in [6.45, 7) is 0. The number of para-hydroxylation sites is 1. The first-order valence-electron chi connectivity index (χ1n) is 8.41. The van der Waals surface area contributed by atoms with Crippen molar-refractivity contribution in [2.45, 2.75) is 0 Å². The van der Waals surface area contributed by atoms with Crippen molar-refractivity contribution in [3.63, 3.8) is 0 Å². The minimum atomic E-state index is -0.649. The molecule has 0 amide bonds. The third-order valence-electron chi connectivity index (χ3n) is 4.06. The molecule has 0 saturated carbocycles. The fourth-order valence-corrected chi connectivity index (χ4v) is 2.84. The number of nitrogens with zero attached hydrogens (tertiary/aromatic N) is 3. The summed E-state index contributed by atoms with van der Waals surface area (Å²) in [6.07, 6.45) is 1.70. The summed E-state index contributed by atoms with van der Waals surface area (Å²) in [5.74, 6) is 0.00426. The maximum atomic E-state index is 14.2. The summed E-state index contributed by atoms with van der Waals surface area (Å²) in [6, 6.07) is 24.1. The van der Waals surface area contributed by atoms with Gasteiger partial charge < -0.3 is 0 Å². The molecule has 0 unspecified atom stereocenters. The van der Waals surface area contributed by atoms with E-state index < -0.39 is 11.6 Å². The van der Waals surface area contributed by atoms with Crippen molar-refractivity contribution in [1.82, 2.24) is 9.97 Å². The van der Waals surface area contributed by atoms with E-state index in [-0.39, 0.29) is 5.56 Å². The SMILES string of the molecule is Fc1ccc(-c2cccc(N(c3ccccc3)c3ccccn3)n2)c(F)c1. The number of anilines is 3. The highest BCUT2D eigenvalue weighted by atomic mass is 19.1. The fourth-order valence-electron chi connectivity index (χ4n) is 2.84. The molecule has 0 bridgehead atoms. The highest BCUT2D eigenvalue weighted by Gasteiger charge is 2.16. The van der Waals surface area contributed by atoms with Crippen LogP contribution in [0.3, 0.4) is 0 Å². The first-order chi connectivity index (χ1) is 13.2. The Morgan fingerprint density at radius 3 is 2.22 bits per heavy atom. The third kappa shape index (κ3) is 3.53. The molecule has 4 aromatic rings. The van der Waals surface area contributed by atoms with Crippen molar-refractivity contribution < 1.29 is 8.78 Å². The zero-order valence-electron chi connectivity index (χ0n) is 14.3. The van der Waals surface area contributed by atoms with Crippen LogP contribution in [0.2, 0.25) is 0 Å². The number of pyridine rings is 2. The minimum Gasteiger partial charge on any atom is -0.279 e. The molecule has 5 heteroatoms. The normalized spacial score (nSPS) is 10.6. The lowest BCUT2D eigenvalue weighted by Crippen LogP contribution is -2.13. The van der Waals surface area contributed by atoms with Crippen molar-refractivity contribution >= 4 is 17.3 Å². The largest absolute Gasteiger partial charge is 0.279 e. The molecule has 0 radical (unpaired) electrons. The summed E-state index contributed by atoms with van der Waals surface area (Å²) in [4.78, 5) is 10.9. The van der Waals surface area contributed by atoms with Gasteiger partial charge in [-0.15, -0.1) is 0 Å². The lowest BCUT2D eigenvalue weighted by molar-refractivity contribution is 0.585. The summed E-state index contributed by atoms with van der Waals surface area (Å²) in [7, 11) is 0. The molecular formula is C22H15F2N3. The van der Waals surface area contributed by atoms with E-state index in [1.54, 1.807) is 18.3 Å². The second-order valence-corrected chi connectivity index (χ2v) is 5.86. The highest BCUT2D eigenvalue weighted by molar-refractivity contribution is 5.73. The number of halogens is 2. The predicted octanol–water partition coefficient (Wildman–Crippen LogP) is 5.89. The molecule has 2 heterocycles. The van der Waals surface area contributed by atoms with E-state index in [2.05, 4.69) is 9.97 Å². The summed E-state index contributed by atoms with van der Waals surface area (Å²) in [5, 5.41) is 0. The van der Waals surface area contributed by atoms with Gasteiger partial charge in [-0.1, -0.05) is 30.3 Å². The van der Waals surface area contributed by atoms with Gasteiger partial charge in [0.2, 0.25) is 0 Å². The molecule has 4 rings (SSSR count). The van der Waals surface area contributed by atoms with Gasteiger partial charge in [-0.25, -0.2) is 18.7 Å². The van der Waals surface area contributed by atoms with Crippen LogP contribution in [0.1, 0.15) is 0 Å². The quantitative estimate of drug-likeness (QED) is 0.455. The van der Waals surface area contributed by atoms with Crippen LogP contribution in [0.25, 0.3) is 11.3 Å². The fraction of sp³-hybridized carbons (Fsp3) is 0. The van der Waals surface area contributed by atoms with Gasteiger partial charge in [0.25, 0.3) is 0 Å². The molecule has 0 saturated heterocycles. The Morgan fingerprint density at radius 1 is 0.704 bits per heavy atom. The Hall–Kier alpha value is -3.60. The first-order valence-corrected chi connectivity index (χ1v) is 8.41. The number of rotatable bonds is 4. The van der Waals surface area contributed by atoms with Gasteiger partial charge in [0, 0.05) is 23.5 Å². The van der Waals surface area contributed by atoms with Crippen molar-refractivity contribution in [3.05, 3.63) is 103 Å². The number of hydrogen-bond donors (Lipinski definition) is 0. The molecule has 0 fully saturated rings. The van der Waals surface area contributed by atoms with Crippen molar-refractivity contribution in [3.8, 4) is 11.3 Å². The molecule has 0 atom stereocenters. The molecule has 3 nitrogen and oxygen atoms in total. The van der Waals surface area contributed by atoms with E-state index >= 15 is 0 Å². The van der Waals surface area contributed by atoms with Crippen LogP contribution in [0, 0.1) is 11.6 Å². The van der Waals surface area contributed by atoms with E-state index in [4.69, 9.17) is 0 Å². The molecule has 0 aliphatic carbocycles. The zero-order valence-corrected chi connectivity index (χ0v) is 14.3. The van der Waals surface area contributed by atoms with Gasteiger partial charge in [0.05, 0.1) is 5.69 Å². The standard InChI is InChI=1S/C22H15F2N3/c23-16-12-13-18(19(24)15-16)20-9-6-11-22(26-20)27(17-7-2-1-3-8-17)21-10-4-5-14-25-21/h1-15H. The van der Waals surface area contributed by atoms with Gasteiger partial charge in [-0.3, -0.25) is 4.90 Å². The van der Waals surface area contributed by atoms with Crippen molar-refractivity contribution in [2.24, 2.45) is 0 Å². The number of benzene rings is 2. The average Bonchev–Trinajstić information content (AvgIpc) is 2.70. The van der Waals surface area contributed by atoms with Crippen LogP contribution in [0.5, 0.6) is 0 Å². The van der Waals surface area contributed by atoms with Gasteiger partial charge in [0.15, 0.2) is 0 Å². The molecule has 27 heavy (non-hydrogen) atoms. The Balaban J connectivity index is 1.84. The molecule has 132 valence electrons. The van der Waals surface area contributed by atoms with E-state index in [1.807, 2.05) is 59.5 Å². The van der Waals surface area contributed by atoms with Crippen LogP contribution >= 0.6 is 0 Å². The average molecular weight is 359 g/mol. The lowest BCUT2D eigenvalue weighted by Gasteiger charge is -2.23. The number of aromatic nitrogens is 2. The molecule has 2 aromatic heterocycles. The maximum absolute atomic E-state index is 14.2. The Bertz CT molecular complexity index is 1010. The van der Waals surface area contributed by atoms with Crippen molar-refractivity contribution in [2.75, 3.05) is 4.90 Å². The minimum absolute atomic E-state index is 0.243. The Morgan fingerprint density at radius 2 is 1.48 bits per heavy atom. The molecular weight excluding hydrogens is 344 g/mol. The van der Waals surface area contributed by atoms with E-state index in [1.165, 1.54) is 12.1 Å². The van der Waals surface area contributed by atoms with Crippen LogP contribution < -0.4 is 4.90 Å². The third-order valence-corrected chi connectivity index (χ3v) is 4.06. The van der Waals surface area contributed by atoms with Gasteiger partial charge in [-0.2, -0.15) is 0 Å². The van der Waals surface area contributed by atoms with Gasteiger partial charge in [-0.05, 0) is 48.5 Å². The predicted molar refractivity (Wildman–Crippen MR) is 102 cm³/mol. The topological polar surface area (TPSA) is 29.0 Å². The molecule has 2 aromatic carbocycles. The van der Waals surface area contributed by atoms with Crippen LogP contribution in [-0.4, -0.2) is 9.97 Å². The monoisotopic (exact) mass is 359 g/mol.